The predicted molar refractivity (Wildman–Crippen MR) is 58.7 cm³/mol. The Morgan fingerprint density at radius 2 is 1.62 bits per heavy atom. The second-order valence-corrected chi connectivity index (χ2v) is 4.55. The molecular formula is C11H18N2. The highest BCUT2D eigenvalue weighted by molar-refractivity contribution is 5.62. The van der Waals surface area contributed by atoms with Crippen LogP contribution in [0.3, 0.4) is 0 Å². The highest BCUT2D eigenvalue weighted by Gasteiger charge is 2.19. The van der Waals surface area contributed by atoms with Crippen LogP contribution < -0.4 is 11.5 Å². The number of hydrogen-bond donors (Lipinski definition) is 2. The number of benzene rings is 1. The number of nitrogens with two attached hydrogens (primary N) is 2. The van der Waals surface area contributed by atoms with Crippen LogP contribution in [0, 0.1) is 6.92 Å². The number of anilines is 2. The first-order valence-corrected chi connectivity index (χ1v) is 4.48. The Labute approximate surface area is 79.9 Å². The summed E-state index contributed by atoms with van der Waals surface area (Å²) >= 11 is 0. The maximum atomic E-state index is 5.93. The van der Waals surface area contributed by atoms with Gasteiger partial charge in [-0.25, -0.2) is 0 Å². The van der Waals surface area contributed by atoms with E-state index < -0.39 is 0 Å². The first-order chi connectivity index (χ1) is 5.82. The van der Waals surface area contributed by atoms with Gasteiger partial charge >= 0.3 is 0 Å². The standard InChI is InChI=1S/C11H18N2/c1-7-5-8(12)6-9(13)10(7)11(2,3)4/h5-6H,12-13H2,1-4H3. The maximum Gasteiger partial charge on any atom is 0.0375 e. The lowest BCUT2D eigenvalue weighted by atomic mass is 9.83. The molecule has 0 unspecified atom stereocenters. The van der Waals surface area contributed by atoms with Gasteiger partial charge in [0.15, 0.2) is 0 Å². The number of nitrogen functional groups attached to an aromatic ring is 2. The van der Waals surface area contributed by atoms with Crippen LogP contribution in [-0.2, 0) is 5.41 Å². The predicted octanol–water partition coefficient (Wildman–Crippen LogP) is 2.46. The van der Waals surface area contributed by atoms with Gasteiger partial charge in [0.2, 0.25) is 0 Å². The minimum absolute atomic E-state index is 0.0852. The summed E-state index contributed by atoms with van der Waals surface area (Å²) in [5, 5.41) is 0. The molecule has 0 aliphatic heterocycles. The third-order valence-corrected chi connectivity index (χ3v) is 2.14. The van der Waals surface area contributed by atoms with Crippen molar-refractivity contribution in [3.63, 3.8) is 0 Å². The summed E-state index contributed by atoms with van der Waals surface area (Å²) in [5.74, 6) is 0. The fraction of sp³-hybridized carbons (Fsp3) is 0.455. The second-order valence-electron chi connectivity index (χ2n) is 4.55. The van der Waals surface area contributed by atoms with E-state index >= 15 is 0 Å². The zero-order valence-corrected chi connectivity index (χ0v) is 8.81. The number of rotatable bonds is 0. The largest absolute Gasteiger partial charge is 0.399 e. The van der Waals surface area contributed by atoms with Crippen molar-refractivity contribution in [3.8, 4) is 0 Å². The molecule has 72 valence electrons. The molecule has 1 rings (SSSR count). The quantitative estimate of drug-likeness (QED) is 0.599. The van der Waals surface area contributed by atoms with E-state index in [0.29, 0.717) is 0 Å². The van der Waals surface area contributed by atoms with E-state index in [1.807, 2.05) is 19.1 Å². The first-order valence-electron chi connectivity index (χ1n) is 4.48. The smallest absolute Gasteiger partial charge is 0.0375 e. The maximum absolute atomic E-state index is 5.93. The van der Waals surface area contributed by atoms with Gasteiger partial charge in [-0.2, -0.15) is 0 Å². The molecule has 13 heavy (non-hydrogen) atoms. The van der Waals surface area contributed by atoms with Crippen LogP contribution in [0.15, 0.2) is 12.1 Å². The molecule has 0 fully saturated rings. The van der Waals surface area contributed by atoms with Gasteiger partial charge in [0.05, 0.1) is 0 Å². The minimum atomic E-state index is 0.0852. The van der Waals surface area contributed by atoms with Gasteiger partial charge in [0.25, 0.3) is 0 Å². The third-order valence-electron chi connectivity index (χ3n) is 2.14. The Hall–Kier alpha value is -1.18. The van der Waals surface area contributed by atoms with Crippen molar-refractivity contribution in [2.45, 2.75) is 33.1 Å². The first kappa shape index (κ1) is 9.90. The summed E-state index contributed by atoms with van der Waals surface area (Å²) in [6.07, 6.45) is 0. The summed E-state index contributed by atoms with van der Waals surface area (Å²) in [6, 6.07) is 3.80. The van der Waals surface area contributed by atoms with Crippen molar-refractivity contribution >= 4 is 11.4 Å². The Bertz CT molecular complexity index is 298. The molecule has 0 atom stereocenters. The third kappa shape index (κ3) is 1.94. The highest BCUT2D eigenvalue weighted by atomic mass is 14.6. The van der Waals surface area contributed by atoms with Gasteiger partial charge in [-0.15, -0.1) is 0 Å². The van der Waals surface area contributed by atoms with Crippen molar-refractivity contribution in [2.75, 3.05) is 11.5 Å². The van der Waals surface area contributed by atoms with E-state index in [1.165, 1.54) is 11.1 Å². The van der Waals surface area contributed by atoms with E-state index in [0.717, 1.165) is 11.4 Å². The van der Waals surface area contributed by atoms with Crippen LogP contribution >= 0.6 is 0 Å². The summed E-state index contributed by atoms with van der Waals surface area (Å²) in [4.78, 5) is 0. The van der Waals surface area contributed by atoms with Gasteiger partial charge in [-0.1, -0.05) is 20.8 Å². The van der Waals surface area contributed by atoms with Crippen molar-refractivity contribution in [2.24, 2.45) is 0 Å². The normalized spacial score (nSPS) is 11.7. The molecule has 0 aliphatic rings. The molecule has 0 aliphatic carbocycles. The molecule has 0 radical (unpaired) electrons. The molecule has 1 aromatic carbocycles. The van der Waals surface area contributed by atoms with Crippen molar-refractivity contribution in [1.82, 2.24) is 0 Å². The van der Waals surface area contributed by atoms with Crippen LogP contribution in [-0.4, -0.2) is 0 Å². The molecule has 0 aromatic heterocycles. The highest BCUT2D eigenvalue weighted by Crippen LogP contribution is 2.32. The minimum Gasteiger partial charge on any atom is -0.399 e. The lowest BCUT2D eigenvalue weighted by Gasteiger charge is -2.24. The monoisotopic (exact) mass is 178 g/mol. The van der Waals surface area contributed by atoms with Gasteiger partial charge < -0.3 is 11.5 Å². The summed E-state index contributed by atoms with van der Waals surface area (Å²) in [7, 11) is 0. The summed E-state index contributed by atoms with van der Waals surface area (Å²) < 4.78 is 0. The second kappa shape index (κ2) is 2.95. The van der Waals surface area contributed by atoms with Gasteiger partial charge in [0, 0.05) is 11.4 Å². The van der Waals surface area contributed by atoms with Gasteiger partial charge in [-0.05, 0) is 35.6 Å². The van der Waals surface area contributed by atoms with Gasteiger partial charge in [0.1, 0.15) is 0 Å². The van der Waals surface area contributed by atoms with E-state index in [9.17, 15) is 0 Å². The van der Waals surface area contributed by atoms with E-state index in [4.69, 9.17) is 11.5 Å². The van der Waals surface area contributed by atoms with E-state index in [1.54, 1.807) is 0 Å². The Balaban J connectivity index is 3.38. The topological polar surface area (TPSA) is 52.0 Å². The number of hydrogen-bond acceptors (Lipinski definition) is 2. The average molecular weight is 178 g/mol. The van der Waals surface area contributed by atoms with E-state index in [-0.39, 0.29) is 5.41 Å². The van der Waals surface area contributed by atoms with Crippen molar-refractivity contribution in [3.05, 3.63) is 23.3 Å². The Kier molecular flexibility index (Phi) is 2.24. The summed E-state index contributed by atoms with van der Waals surface area (Å²) in [5.41, 5.74) is 15.6. The van der Waals surface area contributed by atoms with E-state index in [2.05, 4.69) is 20.8 Å². The molecule has 2 nitrogen and oxygen atoms in total. The molecule has 2 heteroatoms. The lowest BCUT2D eigenvalue weighted by Crippen LogP contribution is -2.16. The molecular weight excluding hydrogens is 160 g/mol. The van der Waals surface area contributed by atoms with Crippen molar-refractivity contribution in [1.29, 1.82) is 0 Å². The molecule has 0 saturated carbocycles. The summed E-state index contributed by atoms with van der Waals surface area (Å²) in [6.45, 7) is 8.51. The SMILES string of the molecule is Cc1cc(N)cc(N)c1C(C)(C)C. The Morgan fingerprint density at radius 1 is 1.08 bits per heavy atom. The molecule has 4 N–H and O–H groups in total. The molecule has 0 amide bonds. The lowest BCUT2D eigenvalue weighted by molar-refractivity contribution is 0.588. The fourth-order valence-corrected chi connectivity index (χ4v) is 1.87. The number of aryl methyl sites for hydroxylation is 1. The average Bonchev–Trinajstić information content (AvgIpc) is 1.78. The molecule has 0 spiro atoms. The molecule has 0 saturated heterocycles. The van der Waals surface area contributed by atoms with Crippen LogP contribution in [0.2, 0.25) is 0 Å². The Morgan fingerprint density at radius 3 is 2.00 bits per heavy atom. The molecule has 1 aromatic rings. The van der Waals surface area contributed by atoms with Crippen LogP contribution in [0.5, 0.6) is 0 Å². The zero-order chi connectivity index (χ0) is 10.2. The van der Waals surface area contributed by atoms with Crippen LogP contribution in [0.25, 0.3) is 0 Å². The molecule has 0 heterocycles. The van der Waals surface area contributed by atoms with Gasteiger partial charge in [-0.3, -0.25) is 0 Å². The van der Waals surface area contributed by atoms with Crippen molar-refractivity contribution < 1.29 is 0 Å². The molecule has 0 bridgehead atoms. The zero-order valence-electron chi connectivity index (χ0n) is 8.81. The van der Waals surface area contributed by atoms with Crippen LogP contribution in [0.4, 0.5) is 11.4 Å². The fourth-order valence-electron chi connectivity index (χ4n) is 1.87. The van der Waals surface area contributed by atoms with Crippen LogP contribution in [0.1, 0.15) is 31.9 Å².